The quantitative estimate of drug-likeness (QED) is 0.225. The summed E-state index contributed by atoms with van der Waals surface area (Å²) >= 11 is 2.86. The molecule has 24 heavy (non-hydrogen) atoms. The van der Waals surface area contributed by atoms with Gasteiger partial charge in [0.05, 0.1) is 6.54 Å². The molecule has 10 heteroatoms. The molecule has 2 aromatic heterocycles. The van der Waals surface area contributed by atoms with E-state index >= 15 is 0 Å². The van der Waals surface area contributed by atoms with Crippen LogP contribution in [0, 0.1) is 0 Å². The van der Waals surface area contributed by atoms with E-state index in [4.69, 9.17) is 0 Å². The van der Waals surface area contributed by atoms with Gasteiger partial charge in [-0.3, -0.25) is 0 Å². The predicted octanol–water partition coefficient (Wildman–Crippen LogP) is 2.46. The Bertz CT molecular complexity index is 700. The van der Waals surface area contributed by atoms with E-state index < -0.39 is 10.0 Å². The van der Waals surface area contributed by atoms with Crippen molar-refractivity contribution in [2.75, 3.05) is 19.6 Å². The normalized spacial score (nSPS) is 11.8. The number of nitrogens with one attached hydrogen (secondary N) is 3. The summed E-state index contributed by atoms with van der Waals surface area (Å²) in [4.78, 5) is 5.65. The first-order valence-corrected chi connectivity index (χ1v) is 10.4. The number of aliphatic imine (C=N–C) groups is 1. The molecule has 2 aromatic rings. The standard InChI is InChI=1S/C14H20N4O2S3.HI/c1-2-15-14(17-11-12-5-3-9-21-12)16-7-8-18-23(19,20)13-6-4-10-22-13;/h3-6,9-10,18H,2,7-8,11H2,1H3,(H2,15,16,17);1H. The fourth-order valence-electron chi connectivity index (χ4n) is 1.76. The van der Waals surface area contributed by atoms with Gasteiger partial charge >= 0.3 is 0 Å². The molecule has 0 saturated heterocycles. The van der Waals surface area contributed by atoms with Crippen LogP contribution in [0.5, 0.6) is 0 Å². The van der Waals surface area contributed by atoms with Crippen molar-refractivity contribution < 1.29 is 8.42 Å². The van der Waals surface area contributed by atoms with Crippen LogP contribution in [0.3, 0.4) is 0 Å². The monoisotopic (exact) mass is 500 g/mol. The van der Waals surface area contributed by atoms with Crippen LogP contribution in [0.2, 0.25) is 0 Å². The van der Waals surface area contributed by atoms with Crippen LogP contribution in [0.1, 0.15) is 11.8 Å². The Labute approximate surface area is 167 Å². The lowest BCUT2D eigenvalue weighted by atomic mass is 10.5. The molecule has 6 nitrogen and oxygen atoms in total. The van der Waals surface area contributed by atoms with E-state index in [0.29, 0.717) is 29.8 Å². The average Bonchev–Trinajstić information content (AvgIpc) is 3.22. The summed E-state index contributed by atoms with van der Waals surface area (Å²) in [5, 5.41) is 10.0. The first-order valence-electron chi connectivity index (χ1n) is 7.19. The summed E-state index contributed by atoms with van der Waals surface area (Å²) in [7, 11) is -3.41. The highest BCUT2D eigenvalue weighted by Gasteiger charge is 2.13. The van der Waals surface area contributed by atoms with Crippen LogP contribution >= 0.6 is 46.7 Å². The van der Waals surface area contributed by atoms with Gasteiger partial charge in [0.1, 0.15) is 4.21 Å². The van der Waals surface area contributed by atoms with E-state index in [0.717, 1.165) is 6.54 Å². The maximum atomic E-state index is 12.0. The smallest absolute Gasteiger partial charge is 0.250 e. The molecule has 3 N–H and O–H groups in total. The lowest BCUT2D eigenvalue weighted by Crippen LogP contribution is -2.41. The van der Waals surface area contributed by atoms with Gasteiger partial charge in [0.15, 0.2) is 5.96 Å². The number of nitrogens with zero attached hydrogens (tertiary/aromatic N) is 1. The van der Waals surface area contributed by atoms with Crippen molar-refractivity contribution in [1.29, 1.82) is 0 Å². The van der Waals surface area contributed by atoms with E-state index in [1.54, 1.807) is 28.8 Å². The number of thiophene rings is 2. The number of halogens is 1. The SMILES string of the molecule is CCNC(=NCc1cccs1)NCCNS(=O)(=O)c1cccs1.I. The Balaban J connectivity index is 0.00000288. The molecule has 0 fully saturated rings. The second-order valence-electron chi connectivity index (χ2n) is 4.53. The van der Waals surface area contributed by atoms with Gasteiger partial charge < -0.3 is 10.6 Å². The molecular weight excluding hydrogens is 479 g/mol. The zero-order valence-corrected chi connectivity index (χ0v) is 18.0. The molecule has 0 unspecified atom stereocenters. The molecule has 0 aromatic carbocycles. The van der Waals surface area contributed by atoms with Crippen molar-refractivity contribution in [2.24, 2.45) is 4.99 Å². The largest absolute Gasteiger partial charge is 0.357 e. The van der Waals surface area contributed by atoms with E-state index in [1.165, 1.54) is 16.2 Å². The Hall–Kier alpha value is -0.690. The van der Waals surface area contributed by atoms with Gasteiger partial charge in [-0.25, -0.2) is 18.1 Å². The number of hydrogen-bond donors (Lipinski definition) is 3. The Kier molecular flexibility index (Phi) is 9.81. The number of hydrogen-bond acceptors (Lipinski definition) is 5. The predicted molar refractivity (Wildman–Crippen MR) is 112 cm³/mol. The molecule has 0 spiro atoms. The highest BCUT2D eigenvalue weighted by molar-refractivity contribution is 14.0. The molecular formula is C14H21IN4O2S3. The maximum absolute atomic E-state index is 12.0. The summed E-state index contributed by atoms with van der Waals surface area (Å²) in [6, 6.07) is 7.34. The second-order valence-corrected chi connectivity index (χ2v) is 8.50. The molecule has 0 radical (unpaired) electrons. The minimum atomic E-state index is -3.41. The Morgan fingerprint density at radius 1 is 1.12 bits per heavy atom. The summed E-state index contributed by atoms with van der Waals surface area (Å²) in [5.41, 5.74) is 0. The zero-order valence-electron chi connectivity index (χ0n) is 13.2. The van der Waals surface area contributed by atoms with Crippen molar-refractivity contribution in [3.63, 3.8) is 0 Å². The second kappa shape index (κ2) is 11.0. The zero-order chi connectivity index (χ0) is 16.5. The molecule has 0 saturated carbocycles. The Morgan fingerprint density at radius 3 is 2.50 bits per heavy atom. The van der Waals surface area contributed by atoms with Crippen molar-refractivity contribution >= 4 is 62.6 Å². The molecule has 0 bridgehead atoms. The summed E-state index contributed by atoms with van der Waals surface area (Å²) in [5.74, 6) is 0.677. The number of guanidine groups is 1. The van der Waals surface area contributed by atoms with Crippen LogP contribution in [-0.4, -0.2) is 34.0 Å². The van der Waals surface area contributed by atoms with Crippen LogP contribution in [-0.2, 0) is 16.6 Å². The first kappa shape index (κ1) is 21.4. The molecule has 0 aliphatic heterocycles. The van der Waals surface area contributed by atoms with Crippen LogP contribution < -0.4 is 15.4 Å². The van der Waals surface area contributed by atoms with E-state index in [1.807, 2.05) is 24.4 Å². The highest BCUT2D eigenvalue weighted by atomic mass is 127. The fraction of sp³-hybridized carbons (Fsp3) is 0.357. The highest BCUT2D eigenvalue weighted by Crippen LogP contribution is 2.14. The summed E-state index contributed by atoms with van der Waals surface area (Å²) < 4.78 is 26.8. The van der Waals surface area contributed by atoms with Gasteiger partial charge in [-0.1, -0.05) is 12.1 Å². The maximum Gasteiger partial charge on any atom is 0.250 e. The van der Waals surface area contributed by atoms with Crippen LogP contribution in [0.15, 0.2) is 44.2 Å². The van der Waals surface area contributed by atoms with Gasteiger partial charge in [-0.2, -0.15) is 0 Å². The van der Waals surface area contributed by atoms with Crippen molar-refractivity contribution in [1.82, 2.24) is 15.4 Å². The topological polar surface area (TPSA) is 82.6 Å². The third-order valence-corrected chi connectivity index (χ3v) is 6.51. The third-order valence-electron chi connectivity index (χ3n) is 2.79. The van der Waals surface area contributed by atoms with Gasteiger partial charge in [0.25, 0.3) is 0 Å². The molecule has 0 atom stereocenters. The van der Waals surface area contributed by atoms with Crippen molar-refractivity contribution in [3.8, 4) is 0 Å². The van der Waals surface area contributed by atoms with Crippen LogP contribution in [0.4, 0.5) is 0 Å². The molecule has 2 rings (SSSR count). The molecule has 0 amide bonds. The van der Waals surface area contributed by atoms with Gasteiger partial charge in [0.2, 0.25) is 10.0 Å². The summed E-state index contributed by atoms with van der Waals surface area (Å²) in [6.45, 7) is 4.09. The average molecular weight is 500 g/mol. The lowest BCUT2D eigenvalue weighted by Gasteiger charge is -2.11. The van der Waals surface area contributed by atoms with Crippen LogP contribution in [0.25, 0.3) is 0 Å². The number of sulfonamides is 1. The third kappa shape index (κ3) is 7.05. The lowest BCUT2D eigenvalue weighted by molar-refractivity contribution is 0.582. The number of rotatable bonds is 8. The van der Waals surface area contributed by atoms with Gasteiger partial charge in [-0.05, 0) is 29.8 Å². The van der Waals surface area contributed by atoms with Crippen molar-refractivity contribution in [2.45, 2.75) is 17.7 Å². The molecule has 0 aliphatic carbocycles. The Morgan fingerprint density at radius 2 is 1.88 bits per heavy atom. The van der Waals surface area contributed by atoms with Crippen molar-refractivity contribution in [3.05, 3.63) is 39.9 Å². The van der Waals surface area contributed by atoms with Gasteiger partial charge in [0, 0.05) is 24.5 Å². The van der Waals surface area contributed by atoms with E-state index in [9.17, 15) is 8.42 Å². The molecule has 0 aliphatic rings. The first-order chi connectivity index (χ1) is 11.1. The fourth-order valence-corrected chi connectivity index (χ4v) is 4.45. The van der Waals surface area contributed by atoms with E-state index in [-0.39, 0.29) is 24.0 Å². The van der Waals surface area contributed by atoms with E-state index in [2.05, 4.69) is 20.3 Å². The van der Waals surface area contributed by atoms with Gasteiger partial charge in [-0.15, -0.1) is 46.7 Å². The minimum Gasteiger partial charge on any atom is -0.357 e. The molecule has 2 heterocycles. The summed E-state index contributed by atoms with van der Waals surface area (Å²) in [6.07, 6.45) is 0. The molecule has 134 valence electrons. The minimum absolute atomic E-state index is 0.